The number of para-hydroxylation sites is 3. The van der Waals surface area contributed by atoms with Crippen molar-refractivity contribution in [3.8, 4) is 27.9 Å². The lowest BCUT2D eigenvalue weighted by molar-refractivity contribution is 0.621. The Balaban J connectivity index is 0.914. The van der Waals surface area contributed by atoms with Gasteiger partial charge in [0.2, 0.25) is 0 Å². The lowest BCUT2D eigenvalue weighted by atomic mass is 9.95. The van der Waals surface area contributed by atoms with Gasteiger partial charge in [-0.05, 0) is 113 Å². The first-order valence-corrected chi connectivity index (χ1v) is 21.7. The highest BCUT2D eigenvalue weighted by Gasteiger charge is 2.24. The third-order valence-corrected chi connectivity index (χ3v) is 12.9. The second-order valence-corrected chi connectivity index (χ2v) is 16.6. The molecular weight excluding hydrogens is 771 g/mol. The third-order valence-electron chi connectivity index (χ3n) is 12.9. The summed E-state index contributed by atoms with van der Waals surface area (Å²) in [5, 5.41) is 10.6. The smallest absolute Gasteiger partial charge is 0.145 e. The Morgan fingerprint density at radius 2 is 1.21 bits per heavy atom. The number of rotatable bonds is 6. The Labute approximate surface area is 363 Å². The van der Waals surface area contributed by atoms with Crippen molar-refractivity contribution in [2.45, 2.75) is 19.0 Å². The molecule has 1 unspecified atom stereocenters. The number of nitrogens with zero attached hydrogens (tertiary/aromatic N) is 2. The predicted octanol–water partition coefficient (Wildman–Crippen LogP) is 15.2. The number of hydrogen-bond donors (Lipinski definition) is 1. The van der Waals surface area contributed by atoms with Crippen molar-refractivity contribution in [1.82, 2.24) is 9.88 Å². The zero-order valence-corrected chi connectivity index (χ0v) is 34.3. The van der Waals surface area contributed by atoms with E-state index in [1.807, 2.05) is 12.1 Å². The largest absolute Gasteiger partial charge is 0.456 e. The van der Waals surface area contributed by atoms with Gasteiger partial charge in [0.05, 0.1) is 16.7 Å². The number of aliphatic imine (C=N–C) groups is 1. The zero-order valence-electron chi connectivity index (χ0n) is 34.3. The van der Waals surface area contributed by atoms with Crippen molar-refractivity contribution in [2.24, 2.45) is 4.99 Å². The number of aromatic nitrogens is 1. The highest BCUT2D eigenvalue weighted by molar-refractivity contribution is 6.23. The molecule has 63 heavy (non-hydrogen) atoms. The fourth-order valence-corrected chi connectivity index (χ4v) is 9.84. The van der Waals surface area contributed by atoms with Crippen molar-refractivity contribution in [2.75, 3.05) is 0 Å². The Kier molecular flexibility index (Phi) is 8.03. The maximum Gasteiger partial charge on any atom is 0.145 e. The molecule has 3 aromatic heterocycles. The molecule has 0 radical (unpaired) electrons. The van der Waals surface area contributed by atoms with Crippen LogP contribution in [0.15, 0.2) is 225 Å². The zero-order chi connectivity index (χ0) is 41.4. The maximum atomic E-state index is 6.58. The minimum absolute atomic E-state index is 0.324. The Morgan fingerprint density at radius 3 is 2.08 bits per heavy atom. The number of furan rings is 2. The summed E-state index contributed by atoms with van der Waals surface area (Å²) in [4.78, 5) is 5.44. The van der Waals surface area contributed by atoms with Gasteiger partial charge in [-0.15, -0.1) is 0 Å². The molecule has 4 heterocycles. The van der Waals surface area contributed by atoms with Crippen molar-refractivity contribution in [3.63, 3.8) is 0 Å². The van der Waals surface area contributed by atoms with E-state index in [1.54, 1.807) is 0 Å². The number of allylic oxidation sites excluding steroid dienone is 4. The van der Waals surface area contributed by atoms with Crippen LogP contribution in [-0.2, 0) is 0 Å². The fourth-order valence-electron chi connectivity index (χ4n) is 9.84. The fraction of sp³-hybridized carbons (Fsp3) is 0.0517. The summed E-state index contributed by atoms with van der Waals surface area (Å²) in [5.41, 5.74) is 16.8. The maximum absolute atomic E-state index is 6.58. The summed E-state index contributed by atoms with van der Waals surface area (Å²) in [7, 11) is 0. The highest BCUT2D eigenvalue weighted by atomic mass is 16.3. The van der Waals surface area contributed by atoms with Crippen LogP contribution in [0.4, 0.5) is 0 Å². The molecular formula is C58H39N3O2. The molecule has 0 amide bonds. The van der Waals surface area contributed by atoms with E-state index < -0.39 is 0 Å². The van der Waals surface area contributed by atoms with Gasteiger partial charge in [0.1, 0.15) is 28.5 Å². The van der Waals surface area contributed by atoms with Gasteiger partial charge < -0.3 is 18.7 Å². The molecule has 5 nitrogen and oxygen atoms in total. The molecule has 1 aliphatic heterocycles. The van der Waals surface area contributed by atoms with Gasteiger partial charge >= 0.3 is 0 Å². The molecule has 13 rings (SSSR count). The van der Waals surface area contributed by atoms with Gasteiger partial charge in [-0.2, -0.15) is 0 Å². The van der Waals surface area contributed by atoms with E-state index in [0.717, 1.165) is 96.1 Å². The average molecular weight is 810 g/mol. The lowest BCUT2D eigenvalue weighted by Gasteiger charge is -2.26. The molecule has 0 fully saturated rings. The first-order chi connectivity index (χ1) is 31.2. The third kappa shape index (κ3) is 5.88. The molecule has 0 saturated carbocycles. The van der Waals surface area contributed by atoms with Crippen molar-refractivity contribution >= 4 is 71.4 Å². The first kappa shape index (κ1) is 35.6. The molecule has 1 N–H and O–H groups in total. The molecule has 0 saturated heterocycles. The molecule has 11 aromatic rings. The van der Waals surface area contributed by atoms with Gasteiger partial charge in [0.25, 0.3) is 0 Å². The van der Waals surface area contributed by atoms with E-state index in [4.69, 9.17) is 13.8 Å². The van der Waals surface area contributed by atoms with Crippen LogP contribution in [0.1, 0.15) is 30.1 Å². The number of benzene rings is 8. The lowest BCUT2D eigenvalue weighted by Crippen LogP contribution is -2.26. The Hall–Kier alpha value is -8.15. The van der Waals surface area contributed by atoms with E-state index in [1.165, 1.54) is 38.5 Å². The SMILES string of the molecule is C1=CC(C2=CC(c3cccc4oc5ccc(-c6cccc(-c7ccc8c(c7)c7ccccc7n8-c7ccccc7)c6)cc5c34)=NC(c3ccc4c(c3)oc3ccccc34)N2)=CCC1. The van der Waals surface area contributed by atoms with Crippen molar-refractivity contribution < 1.29 is 8.83 Å². The van der Waals surface area contributed by atoms with E-state index in [9.17, 15) is 0 Å². The molecule has 5 heteroatoms. The second kappa shape index (κ2) is 14.2. The van der Waals surface area contributed by atoms with Crippen LogP contribution in [0, 0.1) is 0 Å². The van der Waals surface area contributed by atoms with Crippen LogP contribution in [0.2, 0.25) is 0 Å². The highest BCUT2D eigenvalue weighted by Crippen LogP contribution is 2.40. The molecule has 298 valence electrons. The summed E-state index contributed by atoms with van der Waals surface area (Å²) in [6.07, 6.45) is 10.7. The van der Waals surface area contributed by atoms with E-state index in [0.29, 0.717) is 0 Å². The predicted molar refractivity (Wildman–Crippen MR) is 260 cm³/mol. The Bertz CT molecular complexity index is 3780. The average Bonchev–Trinajstić information content (AvgIpc) is 4.03. The molecule has 0 spiro atoms. The number of fused-ring (bicyclic) bond motifs is 9. The number of hydrogen-bond acceptors (Lipinski definition) is 4. The quantitative estimate of drug-likeness (QED) is 0.182. The van der Waals surface area contributed by atoms with Gasteiger partial charge in [-0.25, -0.2) is 0 Å². The van der Waals surface area contributed by atoms with Crippen LogP contribution < -0.4 is 5.32 Å². The minimum atomic E-state index is -0.324. The summed E-state index contributed by atoms with van der Waals surface area (Å²) < 4.78 is 15.3. The van der Waals surface area contributed by atoms with E-state index >= 15 is 0 Å². The summed E-state index contributed by atoms with van der Waals surface area (Å²) in [6, 6.07) is 62.6. The first-order valence-electron chi connectivity index (χ1n) is 21.7. The topological polar surface area (TPSA) is 55.6 Å². The molecule has 1 aliphatic carbocycles. The number of nitrogens with one attached hydrogen (secondary N) is 1. The molecule has 1 atom stereocenters. The van der Waals surface area contributed by atoms with Gasteiger partial charge in [-0.3, -0.25) is 4.99 Å². The van der Waals surface area contributed by atoms with Gasteiger partial charge in [0.15, 0.2) is 0 Å². The van der Waals surface area contributed by atoms with Crippen molar-refractivity contribution in [1.29, 1.82) is 0 Å². The molecule has 0 bridgehead atoms. The van der Waals surface area contributed by atoms with Gasteiger partial charge in [0, 0.05) is 54.8 Å². The van der Waals surface area contributed by atoms with E-state index in [2.05, 4.69) is 198 Å². The standard InChI is InChI=1S/C58H39N3O2/c1-3-13-36(14-4-1)49-35-50(60-58(59-49)41-25-28-45-44-20-8-10-23-53(44)63-56(45)34-41)46-21-12-24-55-57(46)48-33-40(27-30-54(48)62-55)38-16-11-15-37(31-38)39-26-29-52-47(32-39)43-19-7-9-22-51(43)61(52)42-17-5-2-6-18-42/h2-3,5-35,58-59H,1,4H2. The van der Waals surface area contributed by atoms with Crippen LogP contribution in [0.5, 0.6) is 0 Å². The second-order valence-electron chi connectivity index (χ2n) is 16.6. The summed E-state index contributed by atoms with van der Waals surface area (Å²) in [5.74, 6) is 0. The van der Waals surface area contributed by atoms with Crippen LogP contribution in [-0.4, -0.2) is 10.3 Å². The van der Waals surface area contributed by atoms with Crippen LogP contribution in [0.3, 0.4) is 0 Å². The Morgan fingerprint density at radius 1 is 0.508 bits per heavy atom. The minimum Gasteiger partial charge on any atom is -0.456 e. The van der Waals surface area contributed by atoms with Crippen LogP contribution >= 0.6 is 0 Å². The van der Waals surface area contributed by atoms with Gasteiger partial charge in [-0.1, -0.05) is 127 Å². The molecule has 8 aromatic carbocycles. The van der Waals surface area contributed by atoms with E-state index in [-0.39, 0.29) is 6.17 Å². The normalized spacial score (nSPS) is 15.4. The van der Waals surface area contributed by atoms with Crippen molar-refractivity contribution in [3.05, 3.63) is 223 Å². The monoisotopic (exact) mass is 809 g/mol. The van der Waals surface area contributed by atoms with Crippen LogP contribution in [0.25, 0.3) is 93.6 Å². The molecule has 2 aliphatic rings. The summed E-state index contributed by atoms with van der Waals surface area (Å²) >= 11 is 0. The summed E-state index contributed by atoms with van der Waals surface area (Å²) in [6.45, 7) is 0.